The minimum atomic E-state index is -4.57. The molecule has 10 nitrogen and oxygen atoms in total. The number of piperazine rings is 1. The number of fused-ring (bicyclic) bond motifs is 1. The van der Waals surface area contributed by atoms with Crippen LogP contribution in [-0.4, -0.2) is 77.4 Å². The van der Waals surface area contributed by atoms with Gasteiger partial charge >= 0.3 is 6.18 Å². The fourth-order valence-corrected chi connectivity index (χ4v) is 5.07. The van der Waals surface area contributed by atoms with Gasteiger partial charge in [0.1, 0.15) is 17.9 Å². The first-order chi connectivity index (χ1) is 21.1. The Morgan fingerprint density at radius 3 is 2.55 bits per heavy atom. The van der Waals surface area contributed by atoms with Crippen LogP contribution in [0.3, 0.4) is 0 Å². The highest BCUT2D eigenvalue weighted by molar-refractivity contribution is 6.13. The van der Waals surface area contributed by atoms with E-state index in [4.69, 9.17) is 4.74 Å². The lowest BCUT2D eigenvalue weighted by molar-refractivity contribution is -0.138. The van der Waals surface area contributed by atoms with Gasteiger partial charge in [0.2, 0.25) is 11.8 Å². The van der Waals surface area contributed by atoms with Gasteiger partial charge < -0.3 is 25.6 Å². The summed E-state index contributed by atoms with van der Waals surface area (Å²) in [4.78, 5) is 37.6. The van der Waals surface area contributed by atoms with Gasteiger partial charge in [0, 0.05) is 56.6 Å². The zero-order valence-electron chi connectivity index (χ0n) is 23.8. The highest BCUT2D eigenvalue weighted by atomic mass is 19.4. The predicted octanol–water partition coefficient (Wildman–Crippen LogP) is 4.35. The van der Waals surface area contributed by atoms with Crippen LogP contribution in [0, 0.1) is 0 Å². The summed E-state index contributed by atoms with van der Waals surface area (Å²) in [6.07, 6.45) is -3.29. The molecular weight excluding hydrogens is 575 g/mol. The summed E-state index contributed by atoms with van der Waals surface area (Å²) in [5, 5.41) is 9.51. The molecule has 3 aromatic carbocycles. The summed E-state index contributed by atoms with van der Waals surface area (Å²) in [6, 6.07) is 15.4. The SMILES string of the molecule is CN1CCN(Cc2ccc(NC(=O)c3cccc4cc(Oc5cc(NC(=O)C6CN6)ncn5)ccc34)cc2C(F)(F)F)CC1. The molecule has 2 saturated heterocycles. The maximum Gasteiger partial charge on any atom is 0.416 e. The molecule has 0 bridgehead atoms. The number of likely N-dealkylation sites (N-methyl/N-ethyl adjacent to an activating group) is 1. The third-order valence-corrected chi connectivity index (χ3v) is 7.60. The van der Waals surface area contributed by atoms with Gasteiger partial charge in [0.15, 0.2) is 0 Å². The van der Waals surface area contributed by atoms with Crippen molar-refractivity contribution < 1.29 is 27.5 Å². The number of carbonyl (C=O) groups excluding carboxylic acids is 2. The lowest BCUT2D eigenvalue weighted by Gasteiger charge is -2.33. The third kappa shape index (κ3) is 6.96. The number of nitrogens with zero attached hydrogens (tertiary/aromatic N) is 4. The topological polar surface area (TPSA) is 122 Å². The van der Waals surface area contributed by atoms with Crippen LogP contribution in [0.1, 0.15) is 21.5 Å². The van der Waals surface area contributed by atoms with Crippen molar-refractivity contribution in [3.8, 4) is 11.6 Å². The minimum Gasteiger partial charge on any atom is -0.439 e. The molecule has 2 fully saturated rings. The van der Waals surface area contributed by atoms with Crippen LogP contribution in [0.4, 0.5) is 24.7 Å². The smallest absolute Gasteiger partial charge is 0.416 e. The molecular formula is C31H30F3N7O3. The molecule has 1 aromatic heterocycles. The van der Waals surface area contributed by atoms with Gasteiger partial charge in [-0.15, -0.1) is 0 Å². The number of halogens is 3. The van der Waals surface area contributed by atoms with E-state index < -0.39 is 17.6 Å². The normalized spacial score (nSPS) is 17.3. The summed E-state index contributed by atoms with van der Waals surface area (Å²) < 4.78 is 48.0. The Bertz CT molecular complexity index is 1700. The van der Waals surface area contributed by atoms with Crippen LogP contribution in [0.5, 0.6) is 11.6 Å². The van der Waals surface area contributed by atoms with E-state index in [-0.39, 0.29) is 35.6 Å². The molecule has 1 atom stereocenters. The van der Waals surface area contributed by atoms with E-state index in [0.717, 1.165) is 19.2 Å². The van der Waals surface area contributed by atoms with E-state index in [1.165, 1.54) is 24.5 Å². The van der Waals surface area contributed by atoms with E-state index >= 15 is 0 Å². The molecule has 0 saturated carbocycles. The van der Waals surface area contributed by atoms with Gasteiger partial charge in [-0.05, 0) is 59.8 Å². The maximum absolute atomic E-state index is 14.0. The summed E-state index contributed by atoms with van der Waals surface area (Å²) in [6.45, 7) is 3.79. The van der Waals surface area contributed by atoms with Crippen molar-refractivity contribution in [2.45, 2.75) is 18.8 Å². The van der Waals surface area contributed by atoms with E-state index in [2.05, 4.69) is 30.8 Å². The number of benzene rings is 3. The van der Waals surface area contributed by atoms with E-state index in [1.807, 2.05) is 11.9 Å². The molecule has 0 spiro atoms. The zero-order chi connectivity index (χ0) is 30.8. The van der Waals surface area contributed by atoms with E-state index in [1.54, 1.807) is 36.4 Å². The number of amides is 2. The fraction of sp³-hybridized carbons (Fsp3) is 0.290. The summed E-state index contributed by atoms with van der Waals surface area (Å²) in [5.41, 5.74) is -0.225. The van der Waals surface area contributed by atoms with Gasteiger partial charge in [-0.3, -0.25) is 14.5 Å². The Morgan fingerprint density at radius 1 is 1.00 bits per heavy atom. The van der Waals surface area contributed by atoms with Crippen molar-refractivity contribution in [1.29, 1.82) is 0 Å². The molecule has 4 aromatic rings. The predicted molar refractivity (Wildman–Crippen MR) is 159 cm³/mol. The summed E-state index contributed by atoms with van der Waals surface area (Å²) in [7, 11) is 1.99. The van der Waals surface area contributed by atoms with Crippen molar-refractivity contribution in [3.05, 3.63) is 83.7 Å². The van der Waals surface area contributed by atoms with Crippen molar-refractivity contribution in [2.75, 3.05) is 50.4 Å². The number of aromatic nitrogens is 2. The molecule has 2 aliphatic rings. The first-order valence-electron chi connectivity index (χ1n) is 14.1. The molecule has 44 heavy (non-hydrogen) atoms. The molecule has 0 aliphatic carbocycles. The summed E-state index contributed by atoms with van der Waals surface area (Å²) in [5.74, 6) is 0.215. The van der Waals surface area contributed by atoms with Crippen molar-refractivity contribution in [2.24, 2.45) is 0 Å². The molecule has 2 aliphatic heterocycles. The molecule has 0 radical (unpaired) electrons. The Labute approximate surface area is 251 Å². The van der Waals surface area contributed by atoms with Crippen LogP contribution < -0.4 is 20.7 Å². The quantitative estimate of drug-likeness (QED) is 0.254. The number of rotatable bonds is 8. The molecule has 2 amide bonds. The van der Waals surface area contributed by atoms with Gasteiger partial charge in [0.25, 0.3) is 5.91 Å². The zero-order valence-corrected chi connectivity index (χ0v) is 23.8. The van der Waals surface area contributed by atoms with Gasteiger partial charge in [-0.2, -0.15) is 13.2 Å². The Kier molecular flexibility index (Phi) is 8.17. The van der Waals surface area contributed by atoms with Crippen molar-refractivity contribution in [1.82, 2.24) is 25.1 Å². The Balaban J connectivity index is 1.17. The maximum atomic E-state index is 14.0. The third-order valence-electron chi connectivity index (χ3n) is 7.60. The number of nitrogens with one attached hydrogen (secondary N) is 3. The van der Waals surface area contributed by atoms with Gasteiger partial charge in [0.05, 0.1) is 11.6 Å². The largest absolute Gasteiger partial charge is 0.439 e. The van der Waals surface area contributed by atoms with E-state index in [9.17, 15) is 22.8 Å². The molecule has 228 valence electrons. The molecule has 1 unspecified atom stereocenters. The molecule has 3 N–H and O–H groups in total. The van der Waals surface area contributed by atoms with Crippen molar-refractivity contribution >= 4 is 34.1 Å². The second-order valence-electron chi connectivity index (χ2n) is 10.9. The van der Waals surface area contributed by atoms with Gasteiger partial charge in [-0.25, -0.2) is 9.97 Å². The number of hydrogen-bond donors (Lipinski definition) is 3. The van der Waals surface area contributed by atoms with Crippen LogP contribution >= 0.6 is 0 Å². The number of hydrogen-bond acceptors (Lipinski definition) is 8. The second-order valence-corrected chi connectivity index (χ2v) is 10.9. The van der Waals surface area contributed by atoms with Crippen LogP contribution in [-0.2, 0) is 17.5 Å². The van der Waals surface area contributed by atoms with Crippen LogP contribution in [0.25, 0.3) is 10.8 Å². The van der Waals surface area contributed by atoms with E-state index in [0.29, 0.717) is 47.5 Å². The minimum absolute atomic E-state index is 0.0607. The monoisotopic (exact) mass is 605 g/mol. The van der Waals surface area contributed by atoms with Gasteiger partial charge in [-0.1, -0.05) is 18.2 Å². The van der Waals surface area contributed by atoms with Crippen LogP contribution in [0.2, 0.25) is 0 Å². The summed E-state index contributed by atoms with van der Waals surface area (Å²) >= 11 is 0. The van der Waals surface area contributed by atoms with Crippen LogP contribution in [0.15, 0.2) is 67.0 Å². The highest BCUT2D eigenvalue weighted by Crippen LogP contribution is 2.35. The number of ether oxygens (including phenoxy) is 1. The Hall–Kier alpha value is -4.59. The highest BCUT2D eigenvalue weighted by Gasteiger charge is 2.34. The average Bonchev–Trinajstić information content (AvgIpc) is 3.84. The van der Waals surface area contributed by atoms with Crippen molar-refractivity contribution in [3.63, 3.8) is 0 Å². The molecule has 13 heteroatoms. The second kappa shape index (κ2) is 12.2. The first kappa shape index (κ1) is 29.5. The molecule has 3 heterocycles. The lowest BCUT2D eigenvalue weighted by Crippen LogP contribution is -2.44. The fourth-order valence-electron chi connectivity index (χ4n) is 5.07. The average molecular weight is 606 g/mol. The number of carbonyl (C=O) groups is 2. The Morgan fingerprint density at radius 2 is 1.80 bits per heavy atom. The lowest BCUT2D eigenvalue weighted by atomic mass is 10.0. The first-order valence-corrected chi connectivity index (χ1v) is 14.1. The molecule has 6 rings (SSSR count). The standard InChI is InChI=1S/C31H30F3N7O3/c1-40-9-11-41(12-10-40)17-20-5-6-21(14-25(20)31(32,33)34)38-29(42)24-4-2-3-19-13-22(7-8-23(19)24)44-28-15-27(36-18-37-28)39-30(43)26-16-35-26/h2-8,13-15,18,26,35H,9-12,16-17H2,1H3,(H,38,42)(H,36,37,39,43). The number of alkyl halides is 3. The number of anilines is 2.